The average molecular weight is 1060 g/mol. The Labute approximate surface area is 422 Å². The Morgan fingerprint density at radius 1 is 0.530 bits per heavy atom. The van der Waals surface area contributed by atoms with Gasteiger partial charge in [0.1, 0.15) is 11.6 Å². The molecule has 0 bridgehead atoms. The van der Waals surface area contributed by atoms with Crippen LogP contribution in [0, 0.1) is 12.9 Å². The molecule has 2 heterocycles. The maximum absolute atomic E-state index is 11.5. The first-order valence-electron chi connectivity index (χ1n) is 27.7. The van der Waals surface area contributed by atoms with Crippen LogP contribution in [0.3, 0.4) is 0 Å². The standard InChI is InChI=1S/C61H58N3O.Pt/c1-39-31-42(45-35-49(60(5,6)7)38-50(36-45)61(8,9)10)25-28-54(39)64-55-21-16-20-51(57(55)63-58(64)52-19-14-15-22-56(52)65)46-32-44(40-17-12-11-13-18-40)33-47(34-46)53-37-43(29-30-62-53)41-23-26-48(27-24-41)59(2,3)4;/h11-33,35-38,65H,1-10H3;/q-1;/i1D3,2D3,3D3,4D3;. The van der Waals surface area contributed by atoms with Crippen LogP contribution in [0.1, 0.15) is 101 Å². The van der Waals surface area contributed by atoms with E-state index in [1.165, 1.54) is 24.3 Å². The minimum absolute atomic E-state index is 0. The zero-order valence-electron chi connectivity index (χ0n) is 49.7. The van der Waals surface area contributed by atoms with Crippen molar-refractivity contribution in [3.8, 4) is 78.6 Å². The summed E-state index contributed by atoms with van der Waals surface area (Å²) in [6.45, 7) is 0.205. The normalized spacial score (nSPS) is 15.5. The maximum atomic E-state index is 11.5. The number of imidazole rings is 1. The number of aromatic hydroxyl groups is 1. The van der Waals surface area contributed by atoms with Gasteiger partial charge in [-0.05, 0) is 110 Å². The van der Waals surface area contributed by atoms with Gasteiger partial charge in [-0.3, -0.25) is 9.55 Å². The monoisotopic (exact) mass is 1060 g/mol. The molecule has 0 fully saturated rings. The van der Waals surface area contributed by atoms with E-state index in [-0.39, 0.29) is 48.8 Å². The number of benzene rings is 7. The molecule has 0 aliphatic rings. The van der Waals surface area contributed by atoms with Gasteiger partial charge in [-0.1, -0.05) is 188 Å². The van der Waals surface area contributed by atoms with Gasteiger partial charge in [0.05, 0.1) is 22.3 Å². The number of hydrogen-bond acceptors (Lipinski definition) is 3. The van der Waals surface area contributed by atoms with E-state index >= 15 is 0 Å². The smallest absolute Gasteiger partial charge is 0.148 e. The predicted octanol–water partition coefficient (Wildman–Crippen LogP) is 16.1. The van der Waals surface area contributed by atoms with Crippen LogP contribution in [-0.2, 0) is 37.3 Å². The van der Waals surface area contributed by atoms with Crippen molar-refractivity contribution in [1.82, 2.24) is 14.5 Å². The molecule has 0 radical (unpaired) electrons. The number of hydrogen-bond donors (Lipinski definition) is 1. The molecular formula is C61H58N3OPt-. The topological polar surface area (TPSA) is 50.9 Å². The van der Waals surface area contributed by atoms with Crippen molar-refractivity contribution >= 4 is 11.0 Å². The molecule has 1 N–H and O–H groups in total. The number of nitrogens with zero attached hydrogens (tertiary/aromatic N) is 3. The molecule has 0 aliphatic heterocycles. The van der Waals surface area contributed by atoms with Crippen molar-refractivity contribution in [1.29, 1.82) is 0 Å². The van der Waals surface area contributed by atoms with Gasteiger partial charge in [0.15, 0.2) is 0 Å². The van der Waals surface area contributed by atoms with Gasteiger partial charge in [0.2, 0.25) is 0 Å². The second-order valence-electron chi connectivity index (χ2n) is 18.8. The Morgan fingerprint density at radius 3 is 1.83 bits per heavy atom. The van der Waals surface area contributed by atoms with E-state index in [2.05, 4.69) is 65.8 Å². The number of aromatic nitrogens is 3. The van der Waals surface area contributed by atoms with Gasteiger partial charge < -0.3 is 5.11 Å². The van der Waals surface area contributed by atoms with Crippen molar-refractivity contribution in [3.05, 3.63) is 192 Å². The quantitative estimate of drug-likeness (QED) is 0.162. The summed E-state index contributed by atoms with van der Waals surface area (Å²) in [4.78, 5) is 10.1. The number of phenols is 1. The largest absolute Gasteiger partial charge is 0.507 e. The minimum atomic E-state index is -3.40. The van der Waals surface area contributed by atoms with E-state index in [4.69, 9.17) is 26.4 Å². The molecule has 0 unspecified atom stereocenters. The van der Waals surface area contributed by atoms with Crippen LogP contribution in [0.2, 0.25) is 0 Å². The fourth-order valence-electron chi connectivity index (χ4n) is 8.30. The van der Waals surface area contributed by atoms with Gasteiger partial charge in [-0.2, -0.15) is 0 Å². The Bertz CT molecular complexity index is 3610. The molecule has 0 saturated carbocycles. The molecule has 0 spiro atoms. The van der Waals surface area contributed by atoms with Crippen molar-refractivity contribution < 1.29 is 42.6 Å². The second-order valence-corrected chi connectivity index (χ2v) is 18.8. The van der Waals surface area contributed by atoms with Gasteiger partial charge >= 0.3 is 0 Å². The first-order chi connectivity index (χ1) is 35.9. The number of fused-ring (bicyclic) bond motifs is 1. The molecule has 334 valence electrons. The summed E-state index contributed by atoms with van der Waals surface area (Å²) in [6.07, 6.45) is 1.61. The molecule has 0 amide bonds. The molecule has 9 rings (SSSR count). The Morgan fingerprint density at radius 2 is 1.15 bits per heavy atom. The van der Waals surface area contributed by atoms with Gasteiger partial charge in [0, 0.05) is 49.4 Å². The van der Waals surface area contributed by atoms with Crippen LogP contribution in [0.15, 0.2) is 164 Å². The van der Waals surface area contributed by atoms with Crippen molar-refractivity contribution in [3.63, 3.8) is 0 Å². The third kappa shape index (κ3) is 9.22. The SMILES string of the molecule is [2H]C([2H])([2H])c1cc(-c2cc(C(C)(C)C)cc(C(C)(C)C)c2)ccc1-n1c(-c2ccccc2O)nc2c(-c3[c-]c(-c4cc(-c5ccc(C(C([2H])([2H])[2H])(C([2H])([2H])[2H])C([2H])([2H])[2H])cc5)ccn4)cc(-c4ccccc4)c3)cccc21.[Pt]. The van der Waals surface area contributed by atoms with E-state index < -0.39 is 32.8 Å². The third-order valence-corrected chi connectivity index (χ3v) is 12.0. The van der Waals surface area contributed by atoms with Crippen LogP contribution < -0.4 is 0 Å². The number of aryl methyl sites for hydroxylation is 1. The van der Waals surface area contributed by atoms with Crippen LogP contribution in [0.25, 0.3) is 83.9 Å². The van der Waals surface area contributed by atoms with Crippen LogP contribution in [0.5, 0.6) is 5.75 Å². The summed E-state index contributed by atoms with van der Waals surface area (Å²) in [6, 6.07) is 51.0. The third-order valence-electron chi connectivity index (χ3n) is 12.0. The van der Waals surface area contributed by atoms with Crippen molar-refractivity contribution in [2.75, 3.05) is 0 Å². The molecule has 9 aromatic rings. The van der Waals surface area contributed by atoms with Crippen LogP contribution in [-0.4, -0.2) is 19.6 Å². The molecule has 0 atom stereocenters. The fourth-order valence-corrected chi connectivity index (χ4v) is 8.30. The average Bonchev–Trinajstić information content (AvgIpc) is 3.93. The van der Waals surface area contributed by atoms with E-state index in [0.29, 0.717) is 61.6 Å². The Kier molecular flexibility index (Phi) is 8.94. The van der Waals surface area contributed by atoms with Gasteiger partial charge in [-0.25, -0.2) is 4.98 Å². The van der Waals surface area contributed by atoms with Crippen molar-refractivity contribution in [2.24, 2.45) is 0 Å². The molecule has 7 aromatic carbocycles. The number of phenolic OH excluding ortho intramolecular Hbond substituents is 1. The second kappa shape index (κ2) is 17.8. The first-order valence-corrected chi connectivity index (χ1v) is 21.7. The number of rotatable bonds is 7. The molecule has 0 aliphatic carbocycles. The summed E-state index contributed by atoms with van der Waals surface area (Å²) in [5.74, 6) is 0.278. The number of pyridine rings is 1. The number of para-hydroxylation sites is 2. The summed E-state index contributed by atoms with van der Waals surface area (Å²) < 4.78 is 103. The summed E-state index contributed by atoms with van der Waals surface area (Å²) >= 11 is 0. The summed E-state index contributed by atoms with van der Waals surface area (Å²) in [7, 11) is 0. The van der Waals surface area contributed by atoms with E-state index in [1.54, 1.807) is 42.6 Å². The first kappa shape index (κ1) is 33.2. The summed E-state index contributed by atoms with van der Waals surface area (Å²) in [5.41, 5.74) is 7.30. The molecular weight excluding hydrogens is 986 g/mol. The van der Waals surface area contributed by atoms with E-state index in [0.717, 1.165) is 33.4 Å². The van der Waals surface area contributed by atoms with Gasteiger partial charge in [-0.15, -0.1) is 23.8 Å². The molecule has 2 aromatic heterocycles. The van der Waals surface area contributed by atoms with E-state index in [1.807, 2.05) is 83.4 Å². The zero-order chi connectivity index (χ0) is 55.8. The van der Waals surface area contributed by atoms with Gasteiger partial charge in [0.25, 0.3) is 0 Å². The summed E-state index contributed by atoms with van der Waals surface area (Å²) in [5, 5.41) is 11.5. The van der Waals surface area contributed by atoms with E-state index in [9.17, 15) is 5.11 Å². The predicted molar refractivity (Wildman–Crippen MR) is 273 cm³/mol. The molecule has 4 nitrogen and oxygen atoms in total. The van der Waals surface area contributed by atoms with Crippen LogP contribution >= 0.6 is 0 Å². The van der Waals surface area contributed by atoms with Crippen LogP contribution in [0.4, 0.5) is 0 Å². The molecule has 66 heavy (non-hydrogen) atoms. The minimum Gasteiger partial charge on any atom is -0.507 e. The maximum Gasteiger partial charge on any atom is 0.148 e. The Balaban J connectivity index is 0.00000803. The molecule has 5 heteroatoms. The van der Waals surface area contributed by atoms with Crippen molar-refractivity contribution in [2.45, 2.75) is 85.2 Å². The molecule has 0 saturated heterocycles. The fraction of sp³-hybridized carbons (Fsp3) is 0.213. The Hall–Kier alpha value is -6.35. The zero-order valence-corrected chi connectivity index (χ0v) is 40.0.